The summed E-state index contributed by atoms with van der Waals surface area (Å²) in [4.78, 5) is 21.9. The lowest BCUT2D eigenvalue weighted by Crippen LogP contribution is -2.44. The van der Waals surface area contributed by atoms with E-state index in [0.29, 0.717) is 6.42 Å². The molecule has 2 rings (SSSR count). The highest BCUT2D eigenvalue weighted by molar-refractivity contribution is 5.91. The Kier molecular flexibility index (Phi) is 2.25. The monoisotopic (exact) mass is 196 g/mol. The SMILES string of the molecule is O=CC1CCCC2(F)C=CC(=O)CC12. The van der Waals surface area contributed by atoms with Crippen molar-refractivity contribution in [1.82, 2.24) is 0 Å². The number of carbonyl (C=O) groups excluding carboxylic acids is 2. The first-order chi connectivity index (χ1) is 6.65. The third-order valence-electron chi connectivity index (χ3n) is 3.37. The van der Waals surface area contributed by atoms with Crippen LogP contribution in [0.4, 0.5) is 4.39 Å². The molecule has 0 aromatic carbocycles. The van der Waals surface area contributed by atoms with Crippen molar-refractivity contribution in [2.45, 2.75) is 31.4 Å². The zero-order valence-electron chi connectivity index (χ0n) is 7.91. The maximum Gasteiger partial charge on any atom is 0.155 e. The van der Waals surface area contributed by atoms with E-state index < -0.39 is 11.6 Å². The second-order valence-corrected chi connectivity index (χ2v) is 4.23. The van der Waals surface area contributed by atoms with Crippen molar-refractivity contribution in [3.8, 4) is 0 Å². The van der Waals surface area contributed by atoms with Crippen LogP contribution < -0.4 is 0 Å². The predicted octanol–water partition coefficient (Wildman–Crippen LogP) is 1.84. The van der Waals surface area contributed by atoms with Crippen molar-refractivity contribution in [2.24, 2.45) is 11.8 Å². The Labute approximate surface area is 82.2 Å². The van der Waals surface area contributed by atoms with Crippen molar-refractivity contribution in [2.75, 3.05) is 0 Å². The highest BCUT2D eigenvalue weighted by Crippen LogP contribution is 2.44. The number of carbonyl (C=O) groups is 2. The molecule has 14 heavy (non-hydrogen) atoms. The first-order valence-corrected chi connectivity index (χ1v) is 5.02. The van der Waals surface area contributed by atoms with Crippen LogP contribution in [0.2, 0.25) is 0 Å². The van der Waals surface area contributed by atoms with Gasteiger partial charge in [0.25, 0.3) is 0 Å². The molecule has 1 fully saturated rings. The van der Waals surface area contributed by atoms with Crippen molar-refractivity contribution in [1.29, 1.82) is 0 Å². The lowest BCUT2D eigenvalue weighted by molar-refractivity contribution is -0.123. The summed E-state index contributed by atoms with van der Waals surface area (Å²) in [6, 6.07) is 0. The van der Waals surface area contributed by atoms with E-state index in [-0.39, 0.29) is 18.1 Å². The topological polar surface area (TPSA) is 34.1 Å². The van der Waals surface area contributed by atoms with E-state index in [1.54, 1.807) is 0 Å². The number of aldehydes is 1. The van der Waals surface area contributed by atoms with Gasteiger partial charge in [-0.3, -0.25) is 4.79 Å². The predicted molar refractivity (Wildman–Crippen MR) is 49.5 cm³/mol. The van der Waals surface area contributed by atoms with Gasteiger partial charge in [0.05, 0.1) is 0 Å². The minimum atomic E-state index is -1.41. The zero-order valence-corrected chi connectivity index (χ0v) is 7.91. The minimum Gasteiger partial charge on any atom is -0.303 e. The van der Waals surface area contributed by atoms with Gasteiger partial charge in [0, 0.05) is 18.3 Å². The molecule has 0 N–H and O–H groups in total. The summed E-state index contributed by atoms with van der Waals surface area (Å²) >= 11 is 0. The number of fused-ring (bicyclic) bond motifs is 1. The molecular weight excluding hydrogens is 183 g/mol. The largest absolute Gasteiger partial charge is 0.303 e. The van der Waals surface area contributed by atoms with E-state index in [1.165, 1.54) is 12.2 Å². The molecule has 0 aromatic heterocycles. The Morgan fingerprint density at radius 3 is 3.07 bits per heavy atom. The van der Waals surface area contributed by atoms with Gasteiger partial charge in [-0.25, -0.2) is 4.39 Å². The van der Waals surface area contributed by atoms with Crippen LogP contribution in [0.25, 0.3) is 0 Å². The van der Waals surface area contributed by atoms with Crippen molar-refractivity contribution >= 4 is 12.1 Å². The van der Waals surface area contributed by atoms with Gasteiger partial charge in [0.15, 0.2) is 5.78 Å². The molecule has 0 bridgehead atoms. The van der Waals surface area contributed by atoms with Crippen molar-refractivity contribution in [3.63, 3.8) is 0 Å². The number of hydrogen-bond donors (Lipinski definition) is 0. The van der Waals surface area contributed by atoms with Gasteiger partial charge < -0.3 is 4.79 Å². The van der Waals surface area contributed by atoms with Crippen LogP contribution in [0.15, 0.2) is 12.2 Å². The van der Waals surface area contributed by atoms with Gasteiger partial charge in [-0.1, -0.05) is 0 Å². The first-order valence-electron chi connectivity index (χ1n) is 5.02. The van der Waals surface area contributed by atoms with E-state index in [2.05, 4.69) is 0 Å². The molecular formula is C11H13FO2. The molecule has 3 unspecified atom stereocenters. The molecule has 2 nitrogen and oxygen atoms in total. The van der Waals surface area contributed by atoms with Crippen LogP contribution in [0, 0.1) is 11.8 Å². The molecule has 2 aliphatic carbocycles. The van der Waals surface area contributed by atoms with E-state index in [4.69, 9.17) is 0 Å². The van der Waals surface area contributed by atoms with Crippen LogP contribution in [0.1, 0.15) is 25.7 Å². The highest BCUT2D eigenvalue weighted by Gasteiger charge is 2.46. The Balaban J connectivity index is 2.30. The Morgan fingerprint density at radius 1 is 1.57 bits per heavy atom. The van der Waals surface area contributed by atoms with Gasteiger partial charge in [0.1, 0.15) is 12.0 Å². The number of rotatable bonds is 1. The minimum absolute atomic E-state index is 0.0583. The van der Waals surface area contributed by atoms with Crippen molar-refractivity contribution in [3.05, 3.63) is 12.2 Å². The molecule has 76 valence electrons. The second kappa shape index (κ2) is 3.30. The Morgan fingerprint density at radius 2 is 2.36 bits per heavy atom. The van der Waals surface area contributed by atoms with Crippen LogP contribution >= 0.6 is 0 Å². The van der Waals surface area contributed by atoms with Gasteiger partial charge in [-0.05, 0) is 31.4 Å². The molecule has 0 radical (unpaired) electrons. The van der Waals surface area contributed by atoms with Gasteiger partial charge in [-0.2, -0.15) is 0 Å². The molecule has 3 heteroatoms. The fraction of sp³-hybridized carbons (Fsp3) is 0.636. The average molecular weight is 196 g/mol. The lowest BCUT2D eigenvalue weighted by Gasteiger charge is -2.40. The average Bonchev–Trinajstić information content (AvgIpc) is 2.18. The van der Waals surface area contributed by atoms with Gasteiger partial charge >= 0.3 is 0 Å². The van der Waals surface area contributed by atoms with E-state index >= 15 is 0 Å². The number of halogens is 1. The summed E-state index contributed by atoms with van der Waals surface area (Å²) in [5.41, 5.74) is -1.41. The van der Waals surface area contributed by atoms with Crippen LogP contribution in [-0.2, 0) is 9.59 Å². The van der Waals surface area contributed by atoms with Crippen LogP contribution in [0.5, 0.6) is 0 Å². The number of hydrogen-bond acceptors (Lipinski definition) is 2. The van der Waals surface area contributed by atoms with Gasteiger partial charge in [0.2, 0.25) is 0 Å². The molecule has 2 aliphatic rings. The Bertz CT molecular complexity index is 298. The molecule has 0 heterocycles. The summed E-state index contributed by atoms with van der Waals surface area (Å²) < 4.78 is 14.2. The van der Waals surface area contributed by atoms with E-state index in [0.717, 1.165) is 19.1 Å². The number of ketones is 1. The summed E-state index contributed by atoms with van der Waals surface area (Å²) in [5.74, 6) is -0.745. The fourth-order valence-electron chi connectivity index (χ4n) is 2.56. The smallest absolute Gasteiger partial charge is 0.155 e. The highest BCUT2D eigenvalue weighted by atomic mass is 19.1. The zero-order chi connectivity index (χ0) is 10.2. The van der Waals surface area contributed by atoms with Crippen LogP contribution in [0.3, 0.4) is 0 Å². The quantitative estimate of drug-likeness (QED) is 0.600. The first kappa shape index (κ1) is 9.56. The van der Waals surface area contributed by atoms with E-state index in [1.807, 2.05) is 0 Å². The molecule has 1 saturated carbocycles. The number of allylic oxidation sites excluding steroid dienone is 2. The standard InChI is InChI=1S/C11H13FO2/c12-11-4-1-2-8(7-13)10(11)6-9(14)3-5-11/h3,5,7-8,10H,1-2,4,6H2. The Hall–Kier alpha value is -0.990. The summed E-state index contributed by atoms with van der Waals surface area (Å²) in [5, 5.41) is 0. The third-order valence-corrected chi connectivity index (χ3v) is 3.37. The van der Waals surface area contributed by atoms with Gasteiger partial charge in [-0.15, -0.1) is 0 Å². The normalized spacial score (nSPS) is 41.9. The molecule has 0 aliphatic heterocycles. The van der Waals surface area contributed by atoms with E-state index in [9.17, 15) is 14.0 Å². The summed E-state index contributed by atoms with van der Waals surface area (Å²) in [7, 11) is 0. The summed E-state index contributed by atoms with van der Waals surface area (Å²) in [6.45, 7) is 0. The van der Waals surface area contributed by atoms with Crippen LogP contribution in [-0.4, -0.2) is 17.7 Å². The molecule has 0 aromatic rings. The molecule has 3 atom stereocenters. The maximum absolute atomic E-state index is 14.2. The molecule has 0 amide bonds. The lowest BCUT2D eigenvalue weighted by atomic mass is 9.66. The molecule has 0 spiro atoms. The third kappa shape index (κ3) is 1.41. The number of alkyl halides is 1. The fourth-order valence-corrected chi connectivity index (χ4v) is 2.56. The van der Waals surface area contributed by atoms with Crippen molar-refractivity contribution < 1.29 is 14.0 Å². The molecule has 0 saturated heterocycles. The summed E-state index contributed by atoms with van der Waals surface area (Å²) in [6.07, 6.45) is 5.59. The second-order valence-electron chi connectivity index (χ2n) is 4.23. The maximum atomic E-state index is 14.2.